The van der Waals surface area contributed by atoms with Gasteiger partial charge in [-0.05, 0) is 48.1 Å². The highest BCUT2D eigenvalue weighted by atomic mass is 32.1. The van der Waals surface area contributed by atoms with Crippen LogP contribution in [0.25, 0.3) is 10.2 Å². The molecule has 2 aromatic heterocycles. The number of hydrogen-bond acceptors (Lipinski definition) is 8. The molecule has 1 aliphatic carbocycles. The number of anilines is 2. The predicted octanol–water partition coefficient (Wildman–Crippen LogP) is 2.90. The number of thiophene rings is 1. The number of carbonyl (C=O) groups is 1. The summed E-state index contributed by atoms with van der Waals surface area (Å²) in [5.41, 5.74) is 9.97. The number of ether oxygens (including phenoxy) is 1. The molecule has 0 radical (unpaired) electrons. The van der Waals surface area contributed by atoms with E-state index in [-0.39, 0.29) is 11.8 Å². The summed E-state index contributed by atoms with van der Waals surface area (Å²) in [6.45, 7) is 1.54. The first-order valence-corrected chi connectivity index (χ1v) is 11.6. The summed E-state index contributed by atoms with van der Waals surface area (Å²) in [4.78, 5) is 29.8. The Morgan fingerprint density at radius 1 is 1.34 bits per heavy atom. The van der Waals surface area contributed by atoms with Crippen LogP contribution in [0.3, 0.4) is 0 Å². The quantitative estimate of drug-likeness (QED) is 0.598. The Kier molecular flexibility index (Phi) is 5.52. The predicted molar refractivity (Wildman–Crippen MR) is 127 cm³/mol. The van der Waals surface area contributed by atoms with Crippen molar-refractivity contribution in [3.05, 3.63) is 40.0 Å². The number of benzene rings is 1. The van der Waals surface area contributed by atoms with Gasteiger partial charge in [0, 0.05) is 37.6 Å². The van der Waals surface area contributed by atoms with E-state index in [1.165, 1.54) is 10.4 Å². The summed E-state index contributed by atoms with van der Waals surface area (Å²) in [6, 6.07) is 4.08. The van der Waals surface area contributed by atoms with E-state index in [0.29, 0.717) is 19.7 Å². The highest BCUT2D eigenvalue weighted by molar-refractivity contribution is 7.19. The average molecular weight is 451 g/mol. The molecule has 0 saturated heterocycles. The molecule has 1 atom stereocenters. The van der Waals surface area contributed by atoms with Crippen LogP contribution in [0, 0.1) is 5.92 Å². The Bertz CT molecular complexity index is 1220. The highest BCUT2D eigenvalue weighted by Crippen LogP contribution is 2.42. The third-order valence-corrected chi connectivity index (χ3v) is 7.16. The van der Waals surface area contributed by atoms with Crippen molar-refractivity contribution in [1.29, 1.82) is 0 Å². The Balaban J connectivity index is 1.51. The van der Waals surface area contributed by atoms with Gasteiger partial charge in [-0.15, -0.1) is 11.3 Å². The molecule has 0 fully saturated rings. The number of nitrogens with one attached hydrogen (secondary N) is 1. The lowest BCUT2D eigenvalue weighted by Gasteiger charge is -2.24. The van der Waals surface area contributed by atoms with Crippen LogP contribution in [-0.2, 0) is 24.2 Å². The second-order valence-electron chi connectivity index (χ2n) is 8.36. The number of nitrogens with two attached hydrogens (primary N) is 1. The molecule has 0 spiro atoms. The molecule has 1 amide bonds. The van der Waals surface area contributed by atoms with Crippen molar-refractivity contribution in [3.63, 3.8) is 0 Å². The number of amides is 1. The fourth-order valence-electron chi connectivity index (χ4n) is 4.43. The molecule has 3 aromatic rings. The van der Waals surface area contributed by atoms with E-state index >= 15 is 0 Å². The number of nitrogens with zero attached hydrogens (tertiary/aromatic N) is 4. The van der Waals surface area contributed by atoms with E-state index in [4.69, 9.17) is 10.5 Å². The lowest BCUT2D eigenvalue weighted by Crippen LogP contribution is -2.32. The Morgan fingerprint density at radius 3 is 3.03 bits per heavy atom. The van der Waals surface area contributed by atoms with Crippen LogP contribution in [-0.4, -0.2) is 54.2 Å². The normalized spacial score (nSPS) is 16.7. The van der Waals surface area contributed by atoms with Gasteiger partial charge < -0.3 is 20.7 Å². The zero-order valence-corrected chi connectivity index (χ0v) is 19.0. The molecule has 32 heavy (non-hydrogen) atoms. The maximum atomic E-state index is 12.5. The summed E-state index contributed by atoms with van der Waals surface area (Å²) in [5.74, 6) is 1.73. The Hall–Kier alpha value is -3.04. The van der Waals surface area contributed by atoms with Crippen molar-refractivity contribution in [3.8, 4) is 5.75 Å². The van der Waals surface area contributed by atoms with Crippen LogP contribution in [0.15, 0.2) is 23.5 Å². The van der Waals surface area contributed by atoms with Crippen LogP contribution >= 0.6 is 11.3 Å². The lowest BCUT2D eigenvalue weighted by atomic mass is 9.87. The van der Waals surface area contributed by atoms with Crippen LogP contribution in [0.1, 0.15) is 28.0 Å². The summed E-state index contributed by atoms with van der Waals surface area (Å²) in [6.07, 6.45) is 5.91. The lowest BCUT2D eigenvalue weighted by molar-refractivity contribution is -0.133. The van der Waals surface area contributed by atoms with Gasteiger partial charge in [0.25, 0.3) is 0 Å². The Labute approximate surface area is 190 Å². The third-order valence-electron chi connectivity index (χ3n) is 6.00. The van der Waals surface area contributed by atoms with Crippen molar-refractivity contribution in [1.82, 2.24) is 14.9 Å². The first kappa shape index (κ1) is 20.8. The first-order valence-electron chi connectivity index (χ1n) is 10.8. The van der Waals surface area contributed by atoms with Crippen LogP contribution in [0.2, 0.25) is 0 Å². The highest BCUT2D eigenvalue weighted by Gasteiger charge is 2.30. The van der Waals surface area contributed by atoms with Crippen molar-refractivity contribution >= 4 is 45.2 Å². The fourth-order valence-corrected chi connectivity index (χ4v) is 5.70. The van der Waals surface area contributed by atoms with Gasteiger partial charge in [0.2, 0.25) is 5.91 Å². The Morgan fingerprint density at radius 2 is 2.22 bits per heavy atom. The molecular weight excluding hydrogens is 424 g/mol. The van der Waals surface area contributed by atoms with E-state index in [0.717, 1.165) is 57.9 Å². The van der Waals surface area contributed by atoms with Gasteiger partial charge in [0.15, 0.2) is 0 Å². The zero-order valence-electron chi connectivity index (χ0n) is 18.2. The van der Waals surface area contributed by atoms with E-state index in [9.17, 15) is 4.79 Å². The molecule has 0 unspecified atom stereocenters. The average Bonchev–Trinajstić information content (AvgIpc) is 3.40. The van der Waals surface area contributed by atoms with Gasteiger partial charge in [0.05, 0.1) is 17.6 Å². The fraction of sp³-hybridized carbons (Fsp3) is 0.391. The minimum Gasteiger partial charge on any atom is -0.490 e. The van der Waals surface area contributed by atoms with Gasteiger partial charge in [-0.25, -0.2) is 9.97 Å². The first-order chi connectivity index (χ1) is 15.5. The number of carbonyl (C=O) groups excluding carboxylic acids is 1. The monoisotopic (exact) mass is 450 g/mol. The summed E-state index contributed by atoms with van der Waals surface area (Å²) < 4.78 is 5.93. The molecule has 0 saturated carbocycles. The molecule has 1 aliphatic heterocycles. The smallest absolute Gasteiger partial charge is 0.225 e. The largest absolute Gasteiger partial charge is 0.490 e. The summed E-state index contributed by atoms with van der Waals surface area (Å²) >= 11 is 1.66. The van der Waals surface area contributed by atoms with Gasteiger partial charge >= 0.3 is 0 Å². The van der Waals surface area contributed by atoms with Crippen molar-refractivity contribution in [2.45, 2.75) is 25.8 Å². The number of aliphatic imine (C=N–C) groups is 1. The SMILES string of the molecule is CN(C)C(=O)[C@H]1CCc2c(sc3ncnc(Nc4cc5c(cc4OCCN)CN=C5)c23)C1. The molecule has 5 rings (SSSR count). The molecule has 3 N–H and O–H groups in total. The van der Waals surface area contributed by atoms with E-state index in [1.54, 1.807) is 22.6 Å². The number of aryl methyl sites for hydroxylation is 1. The molecule has 166 valence electrons. The van der Waals surface area contributed by atoms with Crippen LogP contribution < -0.4 is 15.8 Å². The second-order valence-corrected chi connectivity index (χ2v) is 9.44. The van der Waals surface area contributed by atoms with Gasteiger partial charge in [0.1, 0.15) is 29.3 Å². The molecule has 1 aromatic carbocycles. The summed E-state index contributed by atoms with van der Waals surface area (Å²) in [7, 11) is 3.64. The van der Waals surface area contributed by atoms with Crippen molar-refractivity contribution in [2.24, 2.45) is 16.6 Å². The maximum Gasteiger partial charge on any atom is 0.225 e. The maximum absolute atomic E-state index is 12.5. The van der Waals surface area contributed by atoms with Crippen LogP contribution in [0.5, 0.6) is 5.75 Å². The van der Waals surface area contributed by atoms with E-state index in [1.807, 2.05) is 26.4 Å². The van der Waals surface area contributed by atoms with Crippen LogP contribution in [0.4, 0.5) is 11.5 Å². The molecule has 2 aliphatic rings. The van der Waals surface area contributed by atoms with Gasteiger partial charge in [-0.1, -0.05) is 0 Å². The van der Waals surface area contributed by atoms with Gasteiger partial charge in [-0.3, -0.25) is 9.79 Å². The van der Waals surface area contributed by atoms with Crippen molar-refractivity contribution in [2.75, 3.05) is 32.6 Å². The third kappa shape index (κ3) is 3.71. The number of fused-ring (bicyclic) bond motifs is 4. The molecule has 3 heterocycles. The van der Waals surface area contributed by atoms with Gasteiger partial charge in [-0.2, -0.15) is 0 Å². The minimum atomic E-state index is 0.0298. The number of aromatic nitrogens is 2. The minimum absolute atomic E-state index is 0.0298. The molecule has 9 heteroatoms. The standard InChI is InChI=1S/C23H26N6O2S/c1-29(2)23(30)13-3-4-16-19(9-13)32-22-20(16)21(26-12-27-22)28-17-7-14-10-25-11-15(14)8-18(17)31-6-5-24/h7-8,10,12-13H,3-6,9,11,24H2,1-2H3,(H,26,27,28)/t13-/m0/s1. The summed E-state index contributed by atoms with van der Waals surface area (Å²) in [5, 5.41) is 4.54. The molecule has 8 nitrogen and oxygen atoms in total. The van der Waals surface area contributed by atoms with E-state index < -0.39 is 0 Å². The number of hydrogen-bond donors (Lipinski definition) is 2. The molecular formula is C23H26N6O2S. The zero-order chi connectivity index (χ0) is 22.2. The number of rotatable bonds is 6. The van der Waals surface area contributed by atoms with E-state index in [2.05, 4.69) is 26.3 Å². The van der Waals surface area contributed by atoms with Crippen molar-refractivity contribution < 1.29 is 9.53 Å². The second kappa shape index (κ2) is 8.48. The topological polar surface area (TPSA) is 106 Å². The molecule has 0 bridgehead atoms.